The van der Waals surface area contributed by atoms with E-state index in [0.29, 0.717) is 0 Å². The quantitative estimate of drug-likeness (QED) is 0.626. The van der Waals surface area contributed by atoms with Gasteiger partial charge in [0.25, 0.3) is 0 Å². The average Bonchev–Trinajstić information content (AvgIpc) is 2.26. The van der Waals surface area contributed by atoms with Gasteiger partial charge in [0.05, 0.1) is 11.3 Å². The van der Waals surface area contributed by atoms with Crippen molar-refractivity contribution in [1.29, 1.82) is 5.41 Å². The van der Waals surface area contributed by atoms with Gasteiger partial charge in [0, 0.05) is 13.6 Å². The molecule has 1 aromatic rings. The van der Waals surface area contributed by atoms with Crippen molar-refractivity contribution in [2.24, 2.45) is 11.7 Å². The molecule has 1 saturated carbocycles. The molecule has 98 valence electrons. The number of rotatable bonds is 4. The Balaban J connectivity index is 2.30. The highest BCUT2D eigenvalue weighted by atomic mass is 15.3. The zero-order valence-corrected chi connectivity index (χ0v) is 11.3. The largest absolute Gasteiger partial charge is 0.384 e. The third kappa shape index (κ3) is 2.30. The van der Waals surface area contributed by atoms with Gasteiger partial charge in [0.2, 0.25) is 0 Å². The van der Waals surface area contributed by atoms with Gasteiger partial charge in [-0.25, -0.2) is 0 Å². The van der Waals surface area contributed by atoms with E-state index >= 15 is 0 Å². The Kier molecular flexibility index (Phi) is 3.50. The summed E-state index contributed by atoms with van der Waals surface area (Å²) in [5.74, 6) is 1.55. The van der Waals surface area contributed by atoms with E-state index < -0.39 is 0 Å². The first-order chi connectivity index (χ1) is 8.50. The second-order valence-electron chi connectivity index (χ2n) is 5.20. The molecule has 0 spiro atoms. The van der Waals surface area contributed by atoms with Gasteiger partial charge in [-0.15, -0.1) is 5.10 Å². The molecule has 5 heteroatoms. The highest BCUT2D eigenvalue weighted by Gasteiger charge is 2.23. The molecular weight excluding hydrogens is 226 g/mol. The average molecular weight is 247 g/mol. The fraction of sp³-hybridized carbons (Fsp3) is 0.615. The molecule has 1 fully saturated rings. The third-order valence-electron chi connectivity index (χ3n) is 3.82. The molecule has 1 aliphatic carbocycles. The minimum Gasteiger partial charge on any atom is -0.384 e. The Labute approximate surface area is 108 Å². The maximum absolute atomic E-state index is 7.73. The molecule has 18 heavy (non-hydrogen) atoms. The number of hydrogen-bond acceptors (Lipinski definition) is 4. The predicted molar refractivity (Wildman–Crippen MR) is 73.1 cm³/mol. The number of nitrogens with one attached hydrogen (secondary N) is 1. The van der Waals surface area contributed by atoms with E-state index in [4.69, 9.17) is 11.1 Å². The van der Waals surface area contributed by atoms with Crippen LogP contribution in [-0.2, 0) is 0 Å². The Morgan fingerprint density at radius 3 is 2.56 bits per heavy atom. The van der Waals surface area contributed by atoms with Crippen molar-refractivity contribution < 1.29 is 0 Å². The van der Waals surface area contributed by atoms with Crippen LogP contribution < -0.4 is 10.6 Å². The van der Waals surface area contributed by atoms with Gasteiger partial charge in [-0.2, -0.15) is 5.10 Å². The lowest BCUT2D eigenvalue weighted by atomic mass is 9.85. The van der Waals surface area contributed by atoms with E-state index in [9.17, 15) is 0 Å². The van der Waals surface area contributed by atoms with Crippen molar-refractivity contribution in [3.8, 4) is 0 Å². The first-order valence-corrected chi connectivity index (χ1v) is 6.40. The van der Waals surface area contributed by atoms with Gasteiger partial charge in [-0.05, 0) is 38.2 Å². The van der Waals surface area contributed by atoms with E-state index in [0.717, 1.165) is 35.1 Å². The van der Waals surface area contributed by atoms with Crippen LogP contribution in [0.15, 0.2) is 0 Å². The predicted octanol–water partition coefficient (Wildman–Crippen LogP) is 1.61. The second-order valence-corrected chi connectivity index (χ2v) is 5.20. The van der Waals surface area contributed by atoms with Crippen LogP contribution in [0.25, 0.3) is 0 Å². The molecule has 0 radical (unpaired) electrons. The smallest absolute Gasteiger partial charge is 0.162 e. The molecule has 0 aromatic carbocycles. The highest BCUT2D eigenvalue weighted by molar-refractivity contribution is 6.01. The zero-order chi connectivity index (χ0) is 13.3. The Morgan fingerprint density at radius 2 is 2.06 bits per heavy atom. The van der Waals surface area contributed by atoms with Crippen molar-refractivity contribution in [2.45, 2.75) is 33.1 Å². The summed E-state index contributed by atoms with van der Waals surface area (Å²) in [7, 11) is 2.00. The number of nitrogen functional groups attached to an aromatic ring is 1. The number of nitrogens with zero attached hydrogens (tertiary/aromatic N) is 3. The summed E-state index contributed by atoms with van der Waals surface area (Å²) in [4.78, 5) is 2.08. The number of aromatic nitrogens is 2. The molecule has 0 bridgehead atoms. The summed E-state index contributed by atoms with van der Waals surface area (Å²) >= 11 is 0. The van der Waals surface area contributed by atoms with Crippen molar-refractivity contribution in [1.82, 2.24) is 10.2 Å². The van der Waals surface area contributed by atoms with Crippen LogP contribution in [0, 0.1) is 25.2 Å². The number of hydrogen-bond donors (Lipinski definition) is 2. The van der Waals surface area contributed by atoms with Gasteiger partial charge in [-0.3, -0.25) is 5.41 Å². The molecular formula is C13H21N5. The maximum Gasteiger partial charge on any atom is 0.162 e. The molecule has 3 N–H and O–H groups in total. The van der Waals surface area contributed by atoms with Gasteiger partial charge in [0.1, 0.15) is 5.84 Å². The lowest BCUT2D eigenvalue weighted by Gasteiger charge is -2.31. The summed E-state index contributed by atoms with van der Waals surface area (Å²) in [5, 5.41) is 16.1. The SMILES string of the molecule is Cc1nnc(N(C)CC2CCC2)c(C(=N)N)c1C. The van der Waals surface area contributed by atoms with Gasteiger partial charge in [0.15, 0.2) is 5.82 Å². The minimum atomic E-state index is 0.0703. The maximum atomic E-state index is 7.73. The lowest BCUT2D eigenvalue weighted by molar-refractivity contribution is 0.321. The van der Waals surface area contributed by atoms with Crippen LogP contribution in [0.4, 0.5) is 5.82 Å². The van der Waals surface area contributed by atoms with Gasteiger partial charge >= 0.3 is 0 Å². The molecule has 0 amide bonds. The normalized spacial score (nSPS) is 15.3. The van der Waals surface area contributed by atoms with Crippen LogP contribution in [0.1, 0.15) is 36.1 Å². The fourth-order valence-corrected chi connectivity index (χ4v) is 2.33. The van der Waals surface area contributed by atoms with Crippen LogP contribution in [0.2, 0.25) is 0 Å². The fourth-order valence-electron chi connectivity index (χ4n) is 2.33. The molecule has 1 heterocycles. The van der Waals surface area contributed by atoms with Crippen molar-refractivity contribution in [3.63, 3.8) is 0 Å². The summed E-state index contributed by atoms with van der Waals surface area (Å²) in [5.41, 5.74) is 8.20. The summed E-state index contributed by atoms with van der Waals surface area (Å²) in [6.45, 7) is 4.81. The van der Waals surface area contributed by atoms with Crippen molar-refractivity contribution in [3.05, 3.63) is 16.8 Å². The van der Waals surface area contributed by atoms with Gasteiger partial charge in [-0.1, -0.05) is 6.42 Å². The Morgan fingerprint density at radius 1 is 1.39 bits per heavy atom. The Hall–Kier alpha value is -1.65. The van der Waals surface area contributed by atoms with E-state index in [1.54, 1.807) is 0 Å². The van der Waals surface area contributed by atoms with E-state index in [1.807, 2.05) is 20.9 Å². The molecule has 0 saturated heterocycles. The second kappa shape index (κ2) is 4.92. The molecule has 1 aliphatic rings. The molecule has 5 nitrogen and oxygen atoms in total. The molecule has 0 aliphatic heterocycles. The van der Waals surface area contributed by atoms with Crippen LogP contribution in [0.5, 0.6) is 0 Å². The summed E-state index contributed by atoms with van der Waals surface area (Å²) < 4.78 is 0. The number of amidine groups is 1. The van der Waals surface area contributed by atoms with Crippen LogP contribution >= 0.6 is 0 Å². The third-order valence-corrected chi connectivity index (χ3v) is 3.82. The highest BCUT2D eigenvalue weighted by Crippen LogP contribution is 2.29. The molecule has 1 aromatic heterocycles. The molecule has 0 unspecified atom stereocenters. The van der Waals surface area contributed by atoms with Gasteiger partial charge < -0.3 is 10.6 Å². The number of anilines is 1. The molecule has 0 atom stereocenters. The first-order valence-electron chi connectivity index (χ1n) is 6.40. The van der Waals surface area contributed by atoms with Crippen LogP contribution in [-0.4, -0.2) is 29.6 Å². The number of nitrogens with two attached hydrogens (primary N) is 1. The topological polar surface area (TPSA) is 78.9 Å². The van der Waals surface area contributed by atoms with Crippen LogP contribution in [0.3, 0.4) is 0 Å². The Bertz CT molecular complexity index is 465. The van der Waals surface area contributed by atoms with E-state index in [-0.39, 0.29) is 5.84 Å². The number of aryl methyl sites for hydroxylation is 1. The van der Waals surface area contributed by atoms with E-state index in [1.165, 1.54) is 19.3 Å². The van der Waals surface area contributed by atoms with Crippen molar-refractivity contribution >= 4 is 11.7 Å². The monoisotopic (exact) mass is 247 g/mol. The lowest BCUT2D eigenvalue weighted by Crippen LogP contribution is -2.32. The first kappa shape index (κ1) is 12.8. The minimum absolute atomic E-state index is 0.0703. The summed E-state index contributed by atoms with van der Waals surface area (Å²) in [6, 6.07) is 0. The molecule has 2 rings (SSSR count). The summed E-state index contributed by atoms with van der Waals surface area (Å²) in [6.07, 6.45) is 3.91. The standard InChI is InChI=1S/C13H21N5/c1-8-9(2)16-17-13(11(8)12(14)15)18(3)7-10-5-4-6-10/h10H,4-7H2,1-3H3,(H3,14,15). The zero-order valence-electron chi connectivity index (χ0n) is 11.3. The van der Waals surface area contributed by atoms with E-state index in [2.05, 4.69) is 15.1 Å². The van der Waals surface area contributed by atoms with Crippen molar-refractivity contribution in [2.75, 3.05) is 18.5 Å².